The fourth-order valence-electron chi connectivity index (χ4n) is 1.64. The number of carbonyl (C=O) groups is 1. The van der Waals surface area contributed by atoms with Crippen molar-refractivity contribution < 1.29 is 4.79 Å². The molecule has 0 aromatic carbocycles. The first kappa shape index (κ1) is 15.3. The highest BCUT2D eigenvalue weighted by Crippen LogP contribution is 2.24. The van der Waals surface area contributed by atoms with Gasteiger partial charge in [-0.25, -0.2) is 0 Å². The van der Waals surface area contributed by atoms with Crippen molar-refractivity contribution in [2.45, 2.75) is 57.7 Å². The summed E-state index contributed by atoms with van der Waals surface area (Å²) in [7, 11) is 0. The third-order valence-corrected chi connectivity index (χ3v) is 3.74. The molecule has 0 aromatic heterocycles. The van der Waals surface area contributed by atoms with Gasteiger partial charge in [-0.2, -0.15) is 17.0 Å². The maximum absolute atomic E-state index is 11.4. The van der Waals surface area contributed by atoms with Crippen molar-refractivity contribution >= 4 is 17.7 Å². The molecule has 1 saturated carbocycles. The largest absolute Gasteiger partial charge is 0.353 e. The molecule has 1 amide bonds. The minimum absolute atomic E-state index is 0.0730. The minimum atomic E-state index is -0.442. The van der Waals surface area contributed by atoms with Gasteiger partial charge in [0.05, 0.1) is 11.8 Å². The van der Waals surface area contributed by atoms with E-state index in [1.165, 1.54) is 12.8 Å². The summed E-state index contributed by atoms with van der Waals surface area (Å²) in [6, 6.07) is 3.07. The molecule has 0 spiro atoms. The van der Waals surface area contributed by atoms with Gasteiger partial charge in [-0.1, -0.05) is 0 Å². The normalized spacial score (nSPS) is 18.2. The number of carbonyl (C=O) groups excluding carboxylic acids is 1. The summed E-state index contributed by atoms with van der Waals surface area (Å²) in [6.45, 7) is 5.85. The van der Waals surface area contributed by atoms with Gasteiger partial charge in [0, 0.05) is 12.1 Å². The molecule has 0 saturated heterocycles. The average molecular weight is 269 g/mol. The molecular formula is C13H23N3OS. The van der Waals surface area contributed by atoms with E-state index in [0.717, 1.165) is 12.2 Å². The summed E-state index contributed by atoms with van der Waals surface area (Å²) in [5.41, 5.74) is -0.442. The molecule has 1 unspecified atom stereocenters. The predicted octanol–water partition coefficient (Wildman–Crippen LogP) is 1.67. The van der Waals surface area contributed by atoms with Gasteiger partial charge in [-0.05, 0) is 45.8 Å². The SMILES string of the molecule is CC(C)NC(=O)CSCCC(C)(C#N)NC1CC1. The van der Waals surface area contributed by atoms with Crippen LogP contribution in [0.25, 0.3) is 0 Å². The Kier molecular flexibility index (Phi) is 5.97. The van der Waals surface area contributed by atoms with Crippen molar-refractivity contribution in [2.75, 3.05) is 11.5 Å². The molecule has 18 heavy (non-hydrogen) atoms. The van der Waals surface area contributed by atoms with Crippen LogP contribution in [0.4, 0.5) is 0 Å². The van der Waals surface area contributed by atoms with E-state index >= 15 is 0 Å². The molecular weight excluding hydrogens is 246 g/mol. The number of nitrogens with zero attached hydrogens (tertiary/aromatic N) is 1. The highest BCUT2D eigenvalue weighted by Gasteiger charge is 2.32. The van der Waals surface area contributed by atoms with Crippen molar-refractivity contribution in [1.82, 2.24) is 10.6 Å². The van der Waals surface area contributed by atoms with E-state index in [1.807, 2.05) is 20.8 Å². The van der Waals surface area contributed by atoms with Crippen molar-refractivity contribution in [3.05, 3.63) is 0 Å². The first-order valence-corrected chi connectivity index (χ1v) is 7.67. The number of hydrogen-bond acceptors (Lipinski definition) is 4. The lowest BCUT2D eigenvalue weighted by atomic mass is 10.0. The van der Waals surface area contributed by atoms with E-state index in [2.05, 4.69) is 16.7 Å². The van der Waals surface area contributed by atoms with Gasteiger partial charge in [0.25, 0.3) is 0 Å². The zero-order valence-corrected chi connectivity index (χ0v) is 12.3. The Labute approximate surface area is 114 Å². The van der Waals surface area contributed by atoms with Crippen LogP contribution < -0.4 is 10.6 Å². The zero-order valence-electron chi connectivity index (χ0n) is 11.5. The van der Waals surface area contributed by atoms with E-state index in [-0.39, 0.29) is 11.9 Å². The van der Waals surface area contributed by atoms with Crippen LogP contribution in [0.2, 0.25) is 0 Å². The predicted molar refractivity (Wildman–Crippen MR) is 75.4 cm³/mol. The van der Waals surface area contributed by atoms with Gasteiger partial charge in [0.1, 0.15) is 5.54 Å². The van der Waals surface area contributed by atoms with Crippen LogP contribution in [-0.2, 0) is 4.79 Å². The molecule has 1 aliphatic carbocycles. The Morgan fingerprint density at radius 1 is 1.56 bits per heavy atom. The topological polar surface area (TPSA) is 64.9 Å². The van der Waals surface area contributed by atoms with Gasteiger partial charge < -0.3 is 5.32 Å². The Bertz CT molecular complexity index is 323. The Hall–Kier alpha value is -0.730. The van der Waals surface area contributed by atoms with Crippen LogP contribution in [-0.4, -0.2) is 35.0 Å². The van der Waals surface area contributed by atoms with Crippen LogP contribution in [0.5, 0.6) is 0 Å². The number of amides is 1. The van der Waals surface area contributed by atoms with Crippen LogP contribution in [0, 0.1) is 11.3 Å². The first-order valence-electron chi connectivity index (χ1n) is 6.51. The van der Waals surface area contributed by atoms with E-state index in [9.17, 15) is 10.1 Å². The lowest BCUT2D eigenvalue weighted by molar-refractivity contribution is -0.119. The van der Waals surface area contributed by atoms with Crippen molar-refractivity contribution in [1.29, 1.82) is 5.26 Å². The monoisotopic (exact) mass is 269 g/mol. The summed E-state index contributed by atoms with van der Waals surface area (Å²) in [5.74, 6) is 1.38. The van der Waals surface area contributed by atoms with E-state index in [1.54, 1.807) is 11.8 Å². The average Bonchev–Trinajstić information content (AvgIpc) is 3.07. The molecule has 4 nitrogen and oxygen atoms in total. The molecule has 1 rings (SSSR count). The summed E-state index contributed by atoms with van der Waals surface area (Å²) in [6.07, 6.45) is 3.14. The van der Waals surface area contributed by atoms with Crippen LogP contribution in [0.3, 0.4) is 0 Å². The summed E-state index contributed by atoms with van der Waals surface area (Å²) >= 11 is 1.59. The molecule has 1 atom stereocenters. The molecule has 5 heteroatoms. The van der Waals surface area contributed by atoms with E-state index in [4.69, 9.17) is 0 Å². The van der Waals surface area contributed by atoms with Gasteiger partial charge in [-0.3, -0.25) is 10.1 Å². The highest BCUT2D eigenvalue weighted by molar-refractivity contribution is 7.99. The second kappa shape index (κ2) is 7.01. The van der Waals surface area contributed by atoms with E-state index in [0.29, 0.717) is 11.8 Å². The van der Waals surface area contributed by atoms with E-state index < -0.39 is 5.54 Å². The molecule has 0 heterocycles. The maximum atomic E-state index is 11.4. The number of rotatable bonds is 8. The highest BCUT2D eigenvalue weighted by atomic mass is 32.2. The van der Waals surface area contributed by atoms with Crippen molar-refractivity contribution in [3.63, 3.8) is 0 Å². The molecule has 0 aromatic rings. The maximum Gasteiger partial charge on any atom is 0.230 e. The lowest BCUT2D eigenvalue weighted by Crippen LogP contribution is -2.42. The minimum Gasteiger partial charge on any atom is -0.353 e. The smallest absolute Gasteiger partial charge is 0.230 e. The number of hydrogen-bond donors (Lipinski definition) is 2. The molecule has 0 radical (unpaired) electrons. The quantitative estimate of drug-likeness (QED) is 0.658. The number of nitriles is 1. The zero-order chi connectivity index (χ0) is 13.6. The van der Waals surface area contributed by atoms with Gasteiger partial charge in [0.2, 0.25) is 5.91 Å². The van der Waals surface area contributed by atoms with Crippen LogP contribution in [0.1, 0.15) is 40.0 Å². The van der Waals surface area contributed by atoms with Crippen molar-refractivity contribution in [3.8, 4) is 6.07 Å². The number of thioether (sulfide) groups is 1. The van der Waals surface area contributed by atoms with Crippen LogP contribution in [0.15, 0.2) is 0 Å². The van der Waals surface area contributed by atoms with Gasteiger partial charge >= 0.3 is 0 Å². The summed E-state index contributed by atoms with van der Waals surface area (Å²) in [5, 5.41) is 15.4. The third kappa shape index (κ3) is 6.27. The molecule has 102 valence electrons. The number of nitrogens with one attached hydrogen (secondary N) is 2. The first-order chi connectivity index (χ1) is 8.45. The van der Waals surface area contributed by atoms with Crippen molar-refractivity contribution in [2.24, 2.45) is 0 Å². The second-order valence-electron chi connectivity index (χ2n) is 5.39. The summed E-state index contributed by atoms with van der Waals surface area (Å²) in [4.78, 5) is 11.4. The molecule has 0 bridgehead atoms. The fourth-order valence-corrected chi connectivity index (χ4v) is 2.61. The Morgan fingerprint density at radius 3 is 2.72 bits per heavy atom. The Balaban J connectivity index is 2.15. The fraction of sp³-hybridized carbons (Fsp3) is 0.846. The second-order valence-corrected chi connectivity index (χ2v) is 6.49. The molecule has 1 aliphatic rings. The molecule has 2 N–H and O–H groups in total. The Morgan fingerprint density at radius 2 is 2.22 bits per heavy atom. The third-order valence-electron chi connectivity index (χ3n) is 2.78. The molecule has 0 aliphatic heterocycles. The standard InChI is InChI=1S/C13H23N3OS/c1-10(2)15-12(17)8-18-7-6-13(3,9-14)16-11-4-5-11/h10-11,16H,4-8H2,1-3H3,(H,15,17). The lowest BCUT2D eigenvalue weighted by Gasteiger charge is -2.22. The van der Waals surface area contributed by atoms with Crippen LogP contribution >= 0.6 is 11.8 Å². The summed E-state index contributed by atoms with van der Waals surface area (Å²) < 4.78 is 0. The molecule has 1 fully saturated rings. The van der Waals surface area contributed by atoms with Gasteiger partial charge in [-0.15, -0.1) is 0 Å². The van der Waals surface area contributed by atoms with Gasteiger partial charge in [0.15, 0.2) is 0 Å².